The maximum atomic E-state index is 5.56. The summed E-state index contributed by atoms with van der Waals surface area (Å²) in [7, 11) is 4.83. The maximum absolute atomic E-state index is 5.56. The first-order valence-electron chi connectivity index (χ1n) is 4.99. The van der Waals surface area contributed by atoms with Crippen molar-refractivity contribution >= 4 is 21.9 Å². The Kier molecular flexibility index (Phi) is 5.09. The zero-order valence-corrected chi connectivity index (χ0v) is 11.7. The number of nitrogens with two attached hydrogens (primary N) is 1. The molecule has 0 unspecified atom stereocenters. The van der Waals surface area contributed by atoms with E-state index in [0.717, 1.165) is 10.0 Å². The first-order valence-corrected chi connectivity index (χ1v) is 5.78. The number of hydrogen-bond donors (Lipinski definition) is 2. The largest absolute Gasteiger partial charge is 0.493 e. The summed E-state index contributed by atoms with van der Waals surface area (Å²) in [5, 5.41) is 2.98. The smallest absolute Gasteiger partial charge is 0.188 e. The van der Waals surface area contributed by atoms with Crippen LogP contribution < -0.4 is 20.5 Å². The molecule has 0 saturated carbocycles. The molecule has 0 aliphatic rings. The predicted molar refractivity (Wildman–Crippen MR) is 71.6 cm³/mol. The average Bonchev–Trinajstić information content (AvgIpc) is 2.34. The molecule has 6 heteroatoms. The molecule has 0 spiro atoms. The molecular formula is C11H16BrN3O2. The van der Waals surface area contributed by atoms with E-state index < -0.39 is 0 Å². The van der Waals surface area contributed by atoms with Gasteiger partial charge >= 0.3 is 0 Å². The number of methoxy groups -OCH3 is 2. The molecule has 0 radical (unpaired) electrons. The highest BCUT2D eigenvalue weighted by atomic mass is 79.9. The van der Waals surface area contributed by atoms with Crippen LogP contribution in [0.3, 0.4) is 0 Å². The monoisotopic (exact) mass is 301 g/mol. The molecule has 5 nitrogen and oxygen atoms in total. The molecule has 0 bridgehead atoms. The SMILES string of the molecule is CN=C(N)NCc1cc(Br)c(OC)c(OC)c1. The molecule has 1 aromatic rings. The second-order valence-electron chi connectivity index (χ2n) is 3.28. The van der Waals surface area contributed by atoms with Crippen LogP contribution in [0.4, 0.5) is 0 Å². The van der Waals surface area contributed by atoms with Gasteiger partial charge in [-0.25, -0.2) is 0 Å². The van der Waals surface area contributed by atoms with E-state index in [1.807, 2.05) is 12.1 Å². The van der Waals surface area contributed by atoms with Crippen LogP contribution in [-0.4, -0.2) is 27.2 Å². The number of ether oxygens (including phenoxy) is 2. The van der Waals surface area contributed by atoms with Gasteiger partial charge in [-0.2, -0.15) is 0 Å². The number of aliphatic imine (C=N–C) groups is 1. The van der Waals surface area contributed by atoms with Crippen LogP contribution in [0.15, 0.2) is 21.6 Å². The lowest BCUT2D eigenvalue weighted by molar-refractivity contribution is 0.352. The van der Waals surface area contributed by atoms with E-state index in [1.54, 1.807) is 21.3 Å². The minimum atomic E-state index is 0.399. The number of halogens is 1. The fraction of sp³-hybridized carbons (Fsp3) is 0.364. The molecule has 0 amide bonds. The van der Waals surface area contributed by atoms with Gasteiger partial charge in [0.2, 0.25) is 0 Å². The Morgan fingerprint density at radius 3 is 2.65 bits per heavy atom. The Hall–Kier alpha value is -1.43. The summed E-state index contributed by atoms with van der Waals surface area (Å²) in [5.41, 5.74) is 6.57. The van der Waals surface area contributed by atoms with Gasteiger partial charge < -0.3 is 20.5 Å². The molecule has 1 aromatic carbocycles. The molecule has 0 aliphatic carbocycles. The molecule has 1 rings (SSSR count). The molecule has 94 valence electrons. The zero-order chi connectivity index (χ0) is 12.8. The van der Waals surface area contributed by atoms with Crippen LogP contribution in [0, 0.1) is 0 Å². The summed E-state index contributed by atoms with van der Waals surface area (Å²) in [6.45, 7) is 0.572. The second-order valence-corrected chi connectivity index (χ2v) is 4.13. The van der Waals surface area contributed by atoms with E-state index in [-0.39, 0.29) is 0 Å². The Morgan fingerprint density at radius 2 is 2.12 bits per heavy atom. The Labute approximate surface area is 109 Å². The fourth-order valence-corrected chi connectivity index (χ4v) is 2.00. The summed E-state index contributed by atoms with van der Waals surface area (Å²) in [6.07, 6.45) is 0. The van der Waals surface area contributed by atoms with E-state index in [1.165, 1.54) is 0 Å². The van der Waals surface area contributed by atoms with Crippen molar-refractivity contribution in [3.8, 4) is 11.5 Å². The Morgan fingerprint density at radius 1 is 1.41 bits per heavy atom. The van der Waals surface area contributed by atoms with E-state index in [4.69, 9.17) is 15.2 Å². The van der Waals surface area contributed by atoms with E-state index in [0.29, 0.717) is 24.0 Å². The molecule has 3 N–H and O–H groups in total. The highest BCUT2D eigenvalue weighted by Crippen LogP contribution is 2.36. The van der Waals surface area contributed by atoms with Gasteiger partial charge in [0.1, 0.15) is 0 Å². The summed E-state index contributed by atoms with van der Waals surface area (Å²) in [5.74, 6) is 1.75. The van der Waals surface area contributed by atoms with Gasteiger partial charge in [0.15, 0.2) is 17.5 Å². The number of nitrogens with zero attached hydrogens (tertiary/aromatic N) is 1. The molecule has 0 aliphatic heterocycles. The molecule has 0 atom stereocenters. The highest BCUT2D eigenvalue weighted by Gasteiger charge is 2.10. The third-order valence-corrected chi connectivity index (χ3v) is 2.80. The first kappa shape index (κ1) is 13.6. The molecular weight excluding hydrogens is 286 g/mol. The Bertz CT molecular complexity index is 421. The number of nitrogens with one attached hydrogen (secondary N) is 1. The third kappa shape index (κ3) is 3.52. The number of hydrogen-bond acceptors (Lipinski definition) is 3. The molecule has 0 saturated heterocycles. The molecule has 0 aromatic heterocycles. The zero-order valence-electron chi connectivity index (χ0n) is 10.1. The standard InChI is InChI=1S/C11H16BrN3O2/c1-14-11(13)15-6-7-4-8(12)10(17-3)9(5-7)16-2/h4-5H,6H2,1-3H3,(H3,13,14,15). The van der Waals surface area contributed by atoms with E-state index in [2.05, 4.69) is 26.2 Å². The minimum Gasteiger partial charge on any atom is -0.493 e. The van der Waals surface area contributed by atoms with Crippen molar-refractivity contribution < 1.29 is 9.47 Å². The van der Waals surface area contributed by atoms with Gasteiger partial charge in [-0.05, 0) is 33.6 Å². The van der Waals surface area contributed by atoms with E-state index in [9.17, 15) is 0 Å². The van der Waals surface area contributed by atoms with Crippen molar-refractivity contribution in [1.29, 1.82) is 0 Å². The number of guanidine groups is 1. The van der Waals surface area contributed by atoms with Gasteiger partial charge in [0.25, 0.3) is 0 Å². The lowest BCUT2D eigenvalue weighted by Gasteiger charge is -2.12. The molecule has 17 heavy (non-hydrogen) atoms. The van der Waals surface area contributed by atoms with E-state index >= 15 is 0 Å². The van der Waals surface area contributed by atoms with Crippen LogP contribution in [0.2, 0.25) is 0 Å². The number of benzene rings is 1. The van der Waals surface area contributed by atoms with Gasteiger partial charge in [-0.15, -0.1) is 0 Å². The van der Waals surface area contributed by atoms with Gasteiger partial charge in [-0.1, -0.05) is 0 Å². The Balaban J connectivity index is 2.91. The second kappa shape index (κ2) is 6.34. The highest BCUT2D eigenvalue weighted by molar-refractivity contribution is 9.10. The third-order valence-electron chi connectivity index (χ3n) is 2.21. The van der Waals surface area contributed by atoms with Crippen molar-refractivity contribution in [2.45, 2.75) is 6.54 Å². The van der Waals surface area contributed by atoms with Gasteiger partial charge in [-0.3, -0.25) is 4.99 Å². The van der Waals surface area contributed by atoms with Crippen molar-refractivity contribution in [3.63, 3.8) is 0 Å². The summed E-state index contributed by atoms with van der Waals surface area (Å²) < 4.78 is 11.3. The predicted octanol–water partition coefficient (Wildman–Crippen LogP) is 1.50. The van der Waals surface area contributed by atoms with Crippen molar-refractivity contribution in [2.24, 2.45) is 10.7 Å². The maximum Gasteiger partial charge on any atom is 0.188 e. The van der Waals surface area contributed by atoms with Gasteiger partial charge in [0, 0.05) is 13.6 Å². The van der Waals surface area contributed by atoms with Crippen molar-refractivity contribution in [1.82, 2.24) is 5.32 Å². The van der Waals surface area contributed by atoms with Crippen LogP contribution in [0.1, 0.15) is 5.56 Å². The van der Waals surface area contributed by atoms with Gasteiger partial charge in [0.05, 0.1) is 18.7 Å². The van der Waals surface area contributed by atoms with Crippen LogP contribution in [-0.2, 0) is 6.54 Å². The first-order chi connectivity index (χ1) is 8.12. The van der Waals surface area contributed by atoms with Crippen LogP contribution in [0.5, 0.6) is 11.5 Å². The lowest BCUT2D eigenvalue weighted by Crippen LogP contribution is -2.30. The van der Waals surface area contributed by atoms with Crippen molar-refractivity contribution in [3.05, 3.63) is 22.2 Å². The molecule has 0 heterocycles. The van der Waals surface area contributed by atoms with Crippen LogP contribution in [0.25, 0.3) is 0 Å². The molecule has 0 fully saturated rings. The topological polar surface area (TPSA) is 68.9 Å². The lowest BCUT2D eigenvalue weighted by atomic mass is 10.2. The summed E-state index contributed by atoms with van der Waals surface area (Å²) in [6, 6.07) is 3.83. The fourth-order valence-electron chi connectivity index (χ4n) is 1.35. The van der Waals surface area contributed by atoms with Crippen LogP contribution >= 0.6 is 15.9 Å². The quantitative estimate of drug-likeness (QED) is 0.653. The number of rotatable bonds is 4. The normalized spacial score (nSPS) is 11.2. The summed E-state index contributed by atoms with van der Waals surface area (Å²) >= 11 is 3.43. The minimum absolute atomic E-state index is 0.399. The van der Waals surface area contributed by atoms with Crippen molar-refractivity contribution in [2.75, 3.05) is 21.3 Å². The average molecular weight is 302 g/mol. The summed E-state index contributed by atoms with van der Waals surface area (Å²) in [4.78, 5) is 3.82.